The molecule has 2 N–H and O–H groups in total. The van der Waals surface area contributed by atoms with Crippen LogP contribution in [0.1, 0.15) is 15.9 Å². The van der Waals surface area contributed by atoms with E-state index in [1.54, 1.807) is 37.6 Å². The Morgan fingerprint density at radius 2 is 1.89 bits per heavy atom. The van der Waals surface area contributed by atoms with Crippen LogP contribution in [-0.4, -0.2) is 25.1 Å². The fraction of sp³-hybridized carbons (Fsp3) is 0.143. The number of nitrogens with zero attached hydrogens (tertiary/aromatic N) is 1. The Hall–Kier alpha value is -3.25. The first-order valence-corrected chi connectivity index (χ1v) is 8.94. The van der Waals surface area contributed by atoms with Crippen LogP contribution in [-0.2, 0) is 6.54 Å². The van der Waals surface area contributed by atoms with Crippen LogP contribution in [0.5, 0.6) is 11.5 Å². The van der Waals surface area contributed by atoms with E-state index in [-0.39, 0.29) is 5.91 Å². The third kappa shape index (κ3) is 4.72. The zero-order valence-corrected chi connectivity index (χ0v) is 16.3. The maximum absolute atomic E-state index is 12.7. The molecule has 0 saturated heterocycles. The van der Waals surface area contributed by atoms with E-state index in [1.165, 1.54) is 13.3 Å². The molecule has 0 aliphatic rings. The van der Waals surface area contributed by atoms with Crippen molar-refractivity contribution in [1.29, 1.82) is 0 Å². The molecule has 1 amide bonds. The van der Waals surface area contributed by atoms with Crippen LogP contribution in [0.3, 0.4) is 0 Å². The van der Waals surface area contributed by atoms with Gasteiger partial charge in [-0.05, 0) is 29.8 Å². The Morgan fingerprint density at radius 1 is 1.07 bits per heavy atom. The number of ether oxygens (including phenoxy) is 2. The summed E-state index contributed by atoms with van der Waals surface area (Å²) in [6.07, 6.45) is 3.16. The molecule has 0 spiro atoms. The summed E-state index contributed by atoms with van der Waals surface area (Å²) in [5.74, 6) is 0.847. The number of rotatable bonds is 7. The molecule has 0 radical (unpaired) electrons. The van der Waals surface area contributed by atoms with Crippen LogP contribution < -0.4 is 20.1 Å². The average molecular weight is 398 g/mol. The minimum absolute atomic E-state index is 0.305. The molecular weight excluding hydrogens is 378 g/mol. The number of benzene rings is 2. The Labute approximate surface area is 168 Å². The monoisotopic (exact) mass is 397 g/mol. The van der Waals surface area contributed by atoms with Crippen LogP contribution in [0.2, 0.25) is 5.02 Å². The molecular formula is C21H20ClN3O3. The van der Waals surface area contributed by atoms with Crippen molar-refractivity contribution in [1.82, 2.24) is 4.98 Å². The van der Waals surface area contributed by atoms with Gasteiger partial charge in [-0.25, -0.2) is 0 Å². The lowest BCUT2D eigenvalue weighted by atomic mass is 10.2. The van der Waals surface area contributed by atoms with Gasteiger partial charge in [0.25, 0.3) is 5.91 Å². The Morgan fingerprint density at radius 3 is 2.64 bits per heavy atom. The fourth-order valence-electron chi connectivity index (χ4n) is 2.61. The van der Waals surface area contributed by atoms with Gasteiger partial charge in [0.05, 0.1) is 31.2 Å². The Balaban J connectivity index is 1.73. The number of anilines is 2. The predicted molar refractivity (Wildman–Crippen MR) is 111 cm³/mol. The summed E-state index contributed by atoms with van der Waals surface area (Å²) in [5.41, 5.74) is 2.60. The lowest BCUT2D eigenvalue weighted by molar-refractivity contribution is 0.102. The molecule has 0 atom stereocenters. The number of hydrogen-bond acceptors (Lipinski definition) is 5. The van der Waals surface area contributed by atoms with Gasteiger partial charge in [0.15, 0.2) is 0 Å². The molecule has 0 bridgehead atoms. The standard InChI is InChI=1S/C21H20ClN3O3/c1-27-17-7-8-20(28-2)19(10-17)25-21(26)15-9-16(13-23-11-15)24-12-14-5-3-4-6-18(14)22/h3-11,13,24H,12H2,1-2H3,(H,25,26). The van der Waals surface area contributed by atoms with E-state index in [1.807, 2.05) is 24.3 Å². The number of amides is 1. The highest BCUT2D eigenvalue weighted by molar-refractivity contribution is 6.31. The molecule has 0 saturated carbocycles. The van der Waals surface area contributed by atoms with Gasteiger partial charge in [-0.2, -0.15) is 0 Å². The highest BCUT2D eigenvalue weighted by Crippen LogP contribution is 2.29. The first-order valence-electron chi connectivity index (χ1n) is 8.56. The van der Waals surface area contributed by atoms with Gasteiger partial charge in [0, 0.05) is 30.0 Å². The molecule has 0 aliphatic carbocycles. The van der Waals surface area contributed by atoms with Gasteiger partial charge in [-0.1, -0.05) is 29.8 Å². The molecule has 3 aromatic rings. The van der Waals surface area contributed by atoms with Gasteiger partial charge in [-0.15, -0.1) is 0 Å². The summed E-state index contributed by atoms with van der Waals surface area (Å²) in [6, 6.07) is 14.5. The molecule has 3 rings (SSSR count). The number of aromatic nitrogens is 1. The van der Waals surface area contributed by atoms with Crippen LogP contribution in [0.4, 0.5) is 11.4 Å². The summed E-state index contributed by atoms with van der Waals surface area (Å²) in [5, 5.41) is 6.74. The number of nitrogens with one attached hydrogen (secondary N) is 2. The third-order valence-electron chi connectivity index (χ3n) is 4.10. The molecule has 1 aromatic heterocycles. The summed E-state index contributed by atoms with van der Waals surface area (Å²) in [6.45, 7) is 0.524. The predicted octanol–water partition coefficient (Wildman–Crippen LogP) is 4.62. The molecule has 0 unspecified atom stereocenters. The van der Waals surface area contributed by atoms with Crippen molar-refractivity contribution in [3.05, 3.63) is 77.1 Å². The van der Waals surface area contributed by atoms with Crippen LogP contribution >= 0.6 is 11.6 Å². The van der Waals surface area contributed by atoms with Crippen molar-refractivity contribution in [2.45, 2.75) is 6.54 Å². The van der Waals surface area contributed by atoms with E-state index in [9.17, 15) is 4.79 Å². The first kappa shape index (κ1) is 19.5. The minimum atomic E-state index is -0.305. The van der Waals surface area contributed by atoms with Crippen molar-refractivity contribution in [2.75, 3.05) is 24.9 Å². The number of halogens is 1. The molecule has 1 heterocycles. The largest absolute Gasteiger partial charge is 0.497 e. The number of methoxy groups -OCH3 is 2. The quantitative estimate of drug-likeness (QED) is 0.608. The van der Waals surface area contributed by atoms with Crippen molar-refractivity contribution in [3.8, 4) is 11.5 Å². The number of pyridine rings is 1. The highest BCUT2D eigenvalue weighted by Gasteiger charge is 2.12. The molecule has 28 heavy (non-hydrogen) atoms. The highest BCUT2D eigenvalue weighted by atomic mass is 35.5. The molecule has 144 valence electrons. The lowest BCUT2D eigenvalue weighted by Gasteiger charge is -2.12. The van der Waals surface area contributed by atoms with Gasteiger partial charge >= 0.3 is 0 Å². The van der Waals surface area contributed by atoms with Crippen molar-refractivity contribution >= 4 is 28.9 Å². The maximum atomic E-state index is 12.7. The summed E-state index contributed by atoms with van der Waals surface area (Å²) >= 11 is 6.17. The zero-order valence-electron chi connectivity index (χ0n) is 15.5. The Bertz CT molecular complexity index is 979. The lowest BCUT2D eigenvalue weighted by Crippen LogP contribution is -2.13. The fourth-order valence-corrected chi connectivity index (χ4v) is 2.81. The van der Waals surface area contributed by atoms with Crippen LogP contribution in [0.25, 0.3) is 0 Å². The summed E-state index contributed by atoms with van der Waals surface area (Å²) in [7, 11) is 3.10. The average Bonchev–Trinajstić information content (AvgIpc) is 2.73. The van der Waals surface area contributed by atoms with E-state index in [0.29, 0.717) is 40.0 Å². The second kappa shape index (κ2) is 9.10. The topological polar surface area (TPSA) is 72.5 Å². The maximum Gasteiger partial charge on any atom is 0.257 e. The van der Waals surface area contributed by atoms with E-state index in [0.717, 1.165) is 5.56 Å². The van der Waals surface area contributed by atoms with Gasteiger partial charge in [0.2, 0.25) is 0 Å². The van der Waals surface area contributed by atoms with E-state index in [4.69, 9.17) is 21.1 Å². The molecule has 0 aliphatic heterocycles. The number of carbonyl (C=O) groups is 1. The third-order valence-corrected chi connectivity index (χ3v) is 4.46. The van der Waals surface area contributed by atoms with Crippen LogP contribution in [0.15, 0.2) is 60.9 Å². The van der Waals surface area contributed by atoms with E-state index < -0.39 is 0 Å². The Kier molecular flexibility index (Phi) is 6.34. The second-order valence-electron chi connectivity index (χ2n) is 5.93. The smallest absolute Gasteiger partial charge is 0.257 e. The zero-order chi connectivity index (χ0) is 19.9. The van der Waals surface area contributed by atoms with Crippen LogP contribution in [0, 0.1) is 0 Å². The summed E-state index contributed by atoms with van der Waals surface area (Å²) < 4.78 is 10.5. The van der Waals surface area contributed by atoms with Crippen molar-refractivity contribution in [2.24, 2.45) is 0 Å². The number of carbonyl (C=O) groups excluding carboxylic acids is 1. The molecule has 0 fully saturated rings. The van der Waals surface area contributed by atoms with Gasteiger partial charge in [-0.3, -0.25) is 9.78 Å². The van der Waals surface area contributed by atoms with E-state index >= 15 is 0 Å². The summed E-state index contributed by atoms with van der Waals surface area (Å²) in [4.78, 5) is 16.8. The molecule has 7 heteroatoms. The number of hydrogen-bond donors (Lipinski definition) is 2. The van der Waals surface area contributed by atoms with E-state index in [2.05, 4.69) is 15.6 Å². The minimum Gasteiger partial charge on any atom is -0.497 e. The van der Waals surface area contributed by atoms with Crippen molar-refractivity contribution < 1.29 is 14.3 Å². The molecule has 6 nitrogen and oxygen atoms in total. The SMILES string of the molecule is COc1ccc(OC)c(NC(=O)c2cncc(NCc3ccccc3Cl)c2)c1. The van der Waals surface area contributed by atoms with Crippen molar-refractivity contribution in [3.63, 3.8) is 0 Å². The molecule has 2 aromatic carbocycles. The second-order valence-corrected chi connectivity index (χ2v) is 6.33. The first-order chi connectivity index (χ1) is 13.6. The van der Waals surface area contributed by atoms with Gasteiger partial charge < -0.3 is 20.1 Å². The van der Waals surface area contributed by atoms with Gasteiger partial charge in [0.1, 0.15) is 11.5 Å². The normalized spacial score (nSPS) is 10.2.